The predicted octanol–water partition coefficient (Wildman–Crippen LogP) is 3.41. The lowest BCUT2D eigenvalue weighted by atomic mass is 10.2. The first kappa shape index (κ1) is 13.2. The van der Waals surface area contributed by atoms with Crippen LogP contribution in [0.4, 0.5) is 11.4 Å². The molecule has 1 aromatic heterocycles. The van der Waals surface area contributed by atoms with E-state index >= 15 is 0 Å². The summed E-state index contributed by atoms with van der Waals surface area (Å²) >= 11 is 0. The summed E-state index contributed by atoms with van der Waals surface area (Å²) in [5.41, 5.74) is 1.79. The fourth-order valence-electron chi connectivity index (χ4n) is 1.77. The Bertz CT molecular complexity index is 544. The first-order chi connectivity index (χ1) is 9.17. The number of anilines is 2. The second kappa shape index (κ2) is 6.09. The van der Waals surface area contributed by atoms with Crippen molar-refractivity contribution >= 4 is 17.3 Å². The van der Waals surface area contributed by atoms with Gasteiger partial charge < -0.3 is 15.1 Å². The number of carbonyl (C=O) groups is 1. The monoisotopic (exact) mass is 258 g/mol. The third-order valence-corrected chi connectivity index (χ3v) is 2.74. The second-order valence-electron chi connectivity index (χ2n) is 4.33. The molecule has 0 aliphatic carbocycles. The van der Waals surface area contributed by atoms with Gasteiger partial charge >= 0.3 is 0 Å². The summed E-state index contributed by atoms with van der Waals surface area (Å²) in [6.45, 7) is 4.21. The summed E-state index contributed by atoms with van der Waals surface area (Å²) in [7, 11) is 0. The van der Waals surface area contributed by atoms with Gasteiger partial charge in [-0.3, -0.25) is 4.79 Å². The van der Waals surface area contributed by atoms with Crippen molar-refractivity contribution in [1.29, 1.82) is 0 Å². The first-order valence-electron chi connectivity index (χ1n) is 6.36. The maximum absolute atomic E-state index is 10.9. The van der Waals surface area contributed by atoms with Crippen LogP contribution in [0.2, 0.25) is 0 Å². The molecule has 100 valence electrons. The third kappa shape index (κ3) is 3.88. The van der Waals surface area contributed by atoms with Crippen LogP contribution in [0.5, 0.6) is 0 Å². The molecule has 0 saturated heterocycles. The maximum atomic E-state index is 10.9. The molecule has 2 rings (SSSR count). The Hall–Kier alpha value is -2.23. The minimum absolute atomic E-state index is 0.0663. The van der Waals surface area contributed by atoms with E-state index in [2.05, 4.69) is 17.6 Å². The number of amides is 1. The van der Waals surface area contributed by atoms with Crippen LogP contribution in [0.25, 0.3) is 0 Å². The molecular weight excluding hydrogens is 240 g/mol. The van der Waals surface area contributed by atoms with Gasteiger partial charge in [0, 0.05) is 24.7 Å². The van der Waals surface area contributed by atoms with Crippen LogP contribution in [0.1, 0.15) is 25.4 Å². The van der Waals surface area contributed by atoms with Crippen molar-refractivity contribution in [1.82, 2.24) is 0 Å². The number of hydrogen-bond acceptors (Lipinski definition) is 3. The van der Waals surface area contributed by atoms with E-state index in [0.29, 0.717) is 6.54 Å². The molecule has 0 fully saturated rings. The Labute approximate surface area is 112 Å². The van der Waals surface area contributed by atoms with E-state index in [1.807, 2.05) is 36.4 Å². The number of furan rings is 1. The van der Waals surface area contributed by atoms with E-state index in [9.17, 15) is 4.79 Å². The van der Waals surface area contributed by atoms with Gasteiger partial charge in [0.1, 0.15) is 11.5 Å². The molecule has 0 unspecified atom stereocenters. The molecule has 0 radical (unpaired) electrons. The third-order valence-electron chi connectivity index (χ3n) is 2.74. The summed E-state index contributed by atoms with van der Waals surface area (Å²) < 4.78 is 5.61. The van der Waals surface area contributed by atoms with Gasteiger partial charge in [0.2, 0.25) is 5.91 Å². The van der Waals surface area contributed by atoms with Gasteiger partial charge in [0.05, 0.1) is 6.54 Å². The molecule has 19 heavy (non-hydrogen) atoms. The minimum Gasteiger partial charge on any atom is -0.464 e. The van der Waals surface area contributed by atoms with Crippen LogP contribution in [0.3, 0.4) is 0 Å². The summed E-state index contributed by atoms with van der Waals surface area (Å²) in [5.74, 6) is 1.85. The average molecular weight is 258 g/mol. The quantitative estimate of drug-likeness (QED) is 0.864. The second-order valence-corrected chi connectivity index (χ2v) is 4.33. The standard InChI is InChI=1S/C15H18N2O2/c1-3-14-8-9-15(19-14)10-16-12-4-6-13(7-5-12)17-11(2)18/h4-9,16H,3,10H2,1-2H3,(H,17,18). The molecule has 0 spiro atoms. The number of hydrogen-bond donors (Lipinski definition) is 2. The molecule has 0 atom stereocenters. The molecular formula is C15H18N2O2. The zero-order valence-electron chi connectivity index (χ0n) is 11.2. The van der Waals surface area contributed by atoms with Gasteiger partial charge in [-0.2, -0.15) is 0 Å². The highest BCUT2D eigenvalue weighted by atomic mass is 16.3. The molecule has 1 heterocycles. The summed E-state index contributed by atoms with van der Waals surface area (Å²) in [4.78, 5) is 10.9. The summed E-state index contributed by atoms with van der Waals surface area (Å²) in [6, 6.07) is 11.6. The average Bonchev–Trinajstić information content (AvgIpc) is 2.85. The maximum Gasteiger partial charge on any atom is 0.221 e. The van der Waals surface area contributed by atoms with Crippen molar-refractivity contribution in [2.45, 2.75) is 26.8 Å². The normalized spacial score (nSPS) is 10.2. The van der Waals surface area contributed by atoms with Gasteiger partial charge in [0.25, 0.3) is 0 Å². The lowest BCUT2D eigenvalue weighted by molar-refractivity contribution is -0.114. The lowest BCUT2D eigenvalue weighted by Gasteiger charge is -2.06. The number of aryl methyl sites for hydroxylation is 1. The molecule has 0 aliphatic heterocycles. The highest BCUT2D eigenvalue weighted by molar-refractivity contribution is 5.88. The van der Waals surface area contributed by atoms with Crippen molar-refractivity contribution < 1.29 is 9.21 Å². The SMILES string of the molecule is CCc1ccc(CNc2ccc(NC(C)=O)cc2)o1. The predicted molar refractivity (Wildman–Crippen MR) is 76.2 cm³/mol. The van der Waals surface area contributed by atoms with Gasteiger partial charge in [-0.05, 0) is 36.4 Å². The van der Waals surface area contributed by atoms with Crippen LogP contribution in [-0.2, 0) is 17.8 Å². The molecule has 0 bridgehead atoms. The van der Waals surface area contributed by atoms with E-state index in [-0.39, 0.29) is 5.91 Å². The molecule has 2 N–H and O–H groups in total. The molecule has 2 aromatic rings. The van der Waals surface area contributed by atoms with Gasteiger partial charge in [0.15, 0.2) is 0 Å². The fourth-order valence-corrected chi connectivity index (χ4v) is 1.77. The molecule has 4 nitrogen and oxygen atoms in total. The summed E-state index contributed by atoms with van der Waals surface area (Å²) in [6.07, 6.45) is 0.908. The number of rotatable bonds is 5. The summed E-state index contributed by atoms with van der Waals surface area (Å²) in [5, 5.41) is 6.00. The fraction of sp³-hybridized carbons (Fsp3) is 0.267. The Morgan fingerprint density at radius 2 is 1.68 bits per heavy atom. The highest BCUT2D eigenvalue weighted by Gasteiger charge is 2.01. The number of carbonyl (C=O) groups excluding carboxylic acids is 1. The van der Waals surface area contributed by atoms with E-state index in [0.717, 1.165) is 29.3 Å². The van der Waals surface area contributed by atoms with E-state index in [1.54, 1.807) is 0 Å². The molecule has 0 aliphatic rings. The van der Waals surface area contributed by atoms with Crippen LogP contribution in [0, 0.1) is 0 Å². The molecule has 1 aromatic carbocycles. The Morgan fingerprint density at radius 3 is 2.26 bits per heavy atom. The van der Waals surface area contributed by atoms with Crippen molar-refractivity contribution in [2.75, 3.05) is 10.6 Å². The van der Waals surface area contributed by atoms with Crippen molar-refractivity contribution in [3.8, 4) is 0 Å². The van der Waals surface area contributed by atoms with Crippen molar-refractivity contribution in [3.63, 3.8) is 0 Å². The lowest BCUT2D eigenvalue weighted by Crippen LogP contribution is -2.05. The van der Waals surface area contributed by atoms with Gasteiger partial charge in [-0.15, -0.1) is 0 Å². The van der Waals surface area contributed by atoms with E-state index in [4.69, 9.17) is 4.42 Å². The highest BCUT2D eigenvalue weighted by Crippen LogP contribution is 2.15. The Balaban J connectivity index is 1.90. The van der Waals surface area contributed by atoms with Crippen molar-refractivity contribution in [3.05, 3.63) is 47.9 Å². The van der Waals surface area contributed by atoms with Crippen LogP contribution in [-0.4, -0.2) is 5.91 Å². The van der Waals surface area contributed by atoms with Crippen molar-refractivity contribution in [2.24, 2.45) is 0 Å². The number of benzene rings is 1. The van der Waals surface area contributed by atoms with E-state index < -0.39 is 0 Å². The Morgan fingerprint density at radius 1 is 1.05 bits per heavy atom. The van der Waals surface area contributed by atoms with Crippen LogP contribution >= 0.6 is 0 Å². The topological polar surface area (TPSA) is 54.3 Å². The van der Waals surface area contributed by atoms with Gasteiger partial charge in [-0.25, -0.2) is 0 Å². The largest absolute Gasteiger partial charge is 0.464 e. The Kier molecular flexibility index (Phi) is 4.23. The van der Waals surface area contributed by atoms with Crippen LogP contribution in [0.15, 0.2) is 40.8 Å². The molecule has 1 amide bonds. The zero-order chi connectivity index (χ0) is 13.7. The molecule has 4 heteroatoms. The van der Waals surface area contributed by atoms with Gasteiger partial charge in [-0.1, -0.05) is 6.92 Å². The molecule has 0 saturated carbocycles. The zero-order valence-corrected chi connectivity index (χ0v) is 11.2. The first-order valence-corrected chi connectivity index (χ1v) is 6.36. The smallest absolute Gasteiger partial charge is 0.221 e. The van der Waals surface area contributed by atoms with Crippen LogP contribution < -0.4 is 10.6 Å². The number of nitrogens with one attached hydrogen (secondary N) is 2. The minimum atomic E-state index is -0.0663. The van der Waals surface area contributed by atoms with E-state index in [1.165, 1.54) is 6.92 Å².